The lowest BCUT2D eigenvalue weighted by Gasteiger charge is -2.43. The summed E-state index contributed by atoms with van der Waals surface area (Å²) in [6, 6.07) is 12.1. The van der Waals surface area contributed by atoms with Crippen molar-refractivity contribution >= 4 is 17.4 Å². The highest BCUT2D eigenvalue weighted by molar-refractivity contribution is 6.71. The van der Waals surface area contributed by atoms with Crippen LogP contribution in [0, 0.1) is 0 Å². The number of hydrogen-bond donors (Lipinski definition) is 4. The second-order valence-corrected chi connectivity index (χ2v) is 12.2. The molecular formula is C15H28O5Si2. The van der Waals surface area contributed by atoms with Gasteiger partial charge in [-0.05, 0) is 50.9 Å². The van der Waals surface area contributed by atoms with E-state index in [1.54, 1.807) is 0 Å². The van der Waals surface area contributed by atoms with E-state index in [2.05, 4.69) is 50.3 Å². The summed E-state index contributed by atoms with van der Waals surface area (Å²) in [6.07, 6.45) is 4.88. The molecule has 5 nitrogen and oxygen atoms in total. The molecule has 1 aliphatic rings. The van der Waals surface area contributed by atoms with E-state index in [0.29, 0.717) is 0 Å². The third kappa shape index (κ3) is 8.79. The fraction of sp³-hybridized carbons (Fsp3) is 0.600. The first-order valence-electron chi connectivity index (χ1n) is 7.63. The summed E-state index contributed by atoms with van der Waals surface area (Å²) in [7, 11) is -5.98. The maximum atomic E-state index is 7.33. The van der Waals surface area contributed by atoms with Gasteiger partial charge < -0.3 is 23.6 Å². The quantitative estimate of drug-likeness (QED) is 0.628. The smallest absolute Gasteiger partial charge is 0.412 e. The summed E-state index contributed by atoms with van der Waals surface area (Å²) in [5.41, 5.74) is 1.56. The van der Waals surface area contributed by atoms with Crippen molar-refractivity contribution < 1.29 is 23.6 Å². The Kier molecular flexibility index (Phi) is 6.94. The molecule has 1 aromatic rings. The molecule has 0 bridgehead atoms. The molecule has 1 heterocycles. The third-order valence-corrected chi connectivity index (χ3v) is 6.40. The van der Waals surface area contributed by atoms with Crippen LogP contribution in [-0.4, -0.2) is 42.1 Å². The molecule has 1 atom stereocenters. The minimum absolute atomic E-state index is 0.129. The first kappa shape index (κ1) is 19.5. The molecule has 22 heavy (non-hydrogen) atoms. The van der Waals surface area contributed by atoms with Crippen molar-refractivity contribution in [2.45, 2.75) is 57.3 Å². The summed E-state index contributed by atoms with van der Waals surface area (Å²) >= 11 is 0. The van der Waals surface area contributed by atoms with Gasteiger partial charge in [0.15, 0.2) is 8.32 Å². The van der Waals surface area contributed by atoms with E-state index < -0.39 is 17.4 Å². The maximum Gasteiger partial charge on any atom is 0.668 e. The van der Waals surface area contributed by atoms with Gasteiger partial charge >= 0.3 is 9.05 Å². The summed E-state index contributed by atoms with van der Waals surface area (Å²) in [4.78, 5) is 29.3. The molecule has 0 spiro atoms. The van der Waals surface area contributed by atoms with Gasteiger partial charge in [0.05, 0.1) is 5.60 Å². The Hall–Kier alpha value is -0.546. The van der Waals surface area contributed by atoms with Crippen molar-refractivity contribution in [3.63, 3.8) is 0 Å². The van der Waals surface area contributed by atoms with E-state index in [0.717, 1.165) is 12.8 Å². The number of rotatable bonds is 3. The van der Waals surface area contributed by atoms with Crippen LogP contribution in [0.25, 0.3) is 0 Å². The Bertz CT molecular complexity index is 441. The third-order valence-electron chi connectivity index (χ3n) is 3.79. The molecule has 0 aliphatic carbocycles. The molecule has 1 unspecified atom stereocenters. The Labute approximate surface area is 134 Å². The van der Waals surface area contributed by atoms with Crippen LogP contribution in [0.5, 0.6) is 0 Å². The van der Waals surface area contributed by atoms with Crippen molar-refractivity contribution in [1.29, 1.82) is 0 Å². The molecule has 0 saturated carbocycles. The van der Waals surface area contributed by atoms with Crippen molar-refractivity contribution in [1.82, 2.24) is 0 Å². The molecular weight excluding hydrogens is 316 g/mol. The SMILES string of the molecule is CC1(CCc2ccccc2)CCC[Si](C)(C)O1.O[Si](O)(O)O. The monoisotopic (exact) mass is 344 g/mol. The molecule has 0 aromatic heterocycles. The predicted molar refractivity (Wildman–Crippen MR) is 90.4 cm³/mol. The van der Waals surface area contributed by atoms with Gasteiger partial charge in [0.1, 0.15) is 0 Å². The van der Waals surface area contributed by atoms with E-state index in [1.165, 1.54) is 24.4 Å². The van der Waals surface area contributed by atoms with Crippen molar-refractivity contribution in [3.8, 4) is 0 Å². The maximum absolute atomic E-state index is 7.33. The molecule has 126 valence electrons. The molecule has 4 N–H and O–H groups in total. The van der Waals surface area contributed by atoms with Crippen LogP contribution >= 0.6 is 0 Å². The largest absolute Gasteiger partial charge is 0.668 e. The Morgan fingerprint density at radius 1 is 1.14 bits per heavy atom. The second-order valence-electron chi connectivity index (χ2n) is 6.75. The summed E-state index contributed by atoms with van der Waals surface area (Å²) in [6.45, 7) is 7.02. The van der Waals surface area contributed by atoms with Crippen LogP contribution in [0.4, 0.5) is 0 Å². The van der Waals surface area contributed by atoms with Crippen LogP contribution in [-0.2, 0) is 10.8 Å². The zero-order valence-electron chi connectivity index (χ0n) is 13.6. The zero-order valence-corrected chi connectivity index (χ0v) is 15.6. The molecule has 1 saturated heterocycles. The van der Waals surface area contributed by atoms with E-state index >= 15 is 0 Å². The average Bonchev–Trinajstić information content (AvgIpc) is 2.34. The first-order chi connectivity index (χ1) is 9.99. The predicted octanol–water partition coefficient (Wildman–Crippen LogP) is 1.78. The van der Waals surface area contributed by atoms with Crippen molar-refractivity contribution in [3.05, 3.63) is 35.9 Å². The van der Waals surface area contributed by atoms with Crippen LogP contribution in [0.1, 0.15) is 31.7 Å². The van der Waals surface area contributed by atoms with Crippen LogP contribution in [0.3, 0.4) is 0 Å². The van der Waals surface area contributed by atoms with E-state index in [9.17, 15) is 0 Å². The molecule has 7 heteroatoms. The lowest BCUT2D eigenvalue weighted by molar-refractivity contribution is 0.0447. The highest BCUT2D eigenvalue weighted by Crippen LogP contribution is 2.36. The summed E-state index contributed by atoms with van der Waals surface area (Å²) in [5, 5.41) is 0. The molecule has 1 aromatic carbocycles. The number of benzene rings is 1. The van der Waals surface area contributed by atoms with E-state index in [1.807, 2.05) is 0 Å². The van der Waals surface area contributed by atoms with Crippen LogP contribution in [0.2, 0.25) is 19.1 Å². The Balaban J connectivity index is 0.000000422. The highest BCUT2D eigenvalue weighted by atomic mass is 28.4. The number of hydrogen-bond acceptors (Lipinski definition) is 5. The zero-order chi connectivity index (χ0) is 16.9. The van der Waals surface area contributed by atoms with E-state index in [4.69, 9.17) is 23.6 Å². The van der Waals surface area contributed by atoms with Gasteiger partial charge in [-0.1, -0.05) is 36.8 Å². The lowest BCUT2D eigenvalue weighted by atomic mass is 9.92. The second kappa shape index (κ2) is 7.82. The average molecular weight is 345 g/mol. The Morgan fingerprint density at radius 2 is 1.68 bits per heavy atom. The molecule has 0 radical (unpaired) electrons. The highest BCUT2D eigenvalue weighted by Gasteiger charge is 2.38. The minimum atomic E-state index is -4.61. The normalized spacial score (nSPS) is 24.3. The molecule has 1 aliphatic heterocycles. The first-order valence-corrected chi connectivity index (χ1v) is 12.5. The fourth-order valence-electron chi connectivity index (χ4n) is 2.89. The fourth-order valence-corrected chi connectivity index (χ4v) is 5.56. The molecule has 0 amide bonds. The van der Waals surface area contributed by atoms with Crippen LogP contribution < -0.4 is 0 Å². The standard InChI is InChI=1S/C15H24OSi.H4O4Si/c1-15(11-7-13-17(2,3)16-15)12-10-14-8-5-4-6-9-14;1-5(2,3)4/h4-6,8-9H,7,10-13H2,1-3H3;1-4H. The van der Waals surface area contributed by atoms with Crippen LogP contribution in [0.15, 0.2) is 30.3 Å². The topological polar surface area (TPSA) is 90.2 Å². The van der Waals surface area contributed by atoms with Crippen molar-refractivity contribution in [2.75, 3.05) is 0 Å². The van der Waals surface area contributed by atoms with Gasteiger partial charge in [0.25, 0.3) is 0 Å². The van der Waals surface area contributed by atoms with Gasteiger partial charge in [-0.25, -0.2) is 0 Å². The van der Waals surface area contributed by atoms with Gasteiger partial charge in [-0.15, -0.1) is 0 Å². The van der Waals surface area contributed by atoms with E-state index in [-0.39, 0.29) is 5.60 Å². The summed E-state index contributed by atoms with van der Waals surface area (Å²) < 4.78 is 6.42. The van der Waals surface area contributed by atoms with Gasteiger partial charge in [0, 0.05) is 0 Å². The van der Waals surface area contributed by atoms with Gasteiger partial charge in [-0.2, -0.15) is 0 Å². The Morgan fingerprint density at radius 3 is 2.18 bits per heavy atom. The lowest BCUT2D eigenvalue weighted by Crippen LogP contribution is -2.46. The summed E-state index contributed by atoms with van der Waals surface area (Å²) in [5.74, 6) is 0. The van der Waals surface area contributed by atoms with Gasteiger partial charge in [-0.3, -0.25) is 0 Å². The van der Waals surface area contributed by atoms with Gasteiger partial charge in [0.2, 0.25) is 0 Å². The molecule has 1 fully saturated rings. The van der Waals surface area contributed by atoms with Crippen molar-refractivity contribution in [2.24, 2.45) is 0 Å². The minimum Gasteiger partial charge on any atom is -0.412 e. The number of aryl methyl sites for hydroxylation is 1. The molecule has 2 rings (SSSR count).